The second kappa shape index (κ2) is 4.45. The highest BCUT2D eigenvalue weighted by Gasteiger charge is 2.12. The summed E-state index contributed by atoms with van der Waals surface area (Å²) < 4.78 is 0. The van der Waals surface area contributed by atoms with Crippen molar-refractivity contribution in [3.05, 3.63) is 33.8 Å². The Bertz CT molecular complexity index is 336. The van der Waals surface area contributed by atoms with Gasteiger partial charge in [0.25, 0.3) is 0 Å². The maximum absolute atomic E-state index is 11.5. The maximum atomic E-state index is 11.5. The lowest BCUT2D eigenvalue weighted by molar-refractivity contribution is 0.0996. The van der Waals surface area contributed by atoms with Crippen molar-refractivity contribution in [3.63, 3.8) is 0 Å². The van der Waals surface area contributed by atoms with Crippen molar-refractivity contribution in [1.29, 1.82) is 0 Å². The van der Waals surface area contributed by atoms with Gasteiger partial charge in [-0.1, -0.05) is 39.1 Å². The van der Waals surface area contributed by atoms with E-state index < -0.39 is 0 Å². The fraction of sp³-hybridized carbons (Fsp3) is 0.222. The summed E-state index contributed by atoms with van der Waals surface area (Å²) >= 11 is 14.7. The van der Waals surface area contributed by atoms with Gasteiger partial charge in [-0.2, -0.15) is 0 Å². The number of halogens is 3. The molecule has 70 valence electrons. The molecule has 0 saturated carbocycles. The van der Waals surface area contributed by atoms with E-state index in [0.717, 1.165) is 0 Å². The minimum absolute atomic E-state index is 0.00133. The van der Waals surface area contributed by atoms with Gasteiger partial charge in [-0.05, 0) is 25.1 Å². The molecule has 0 fully saturated rings. The first-order chi connectivity index (χ1) is 6.02. The molecule has 0 spiro atoms. The molecular formula is C9H7BrCl2O. The Morgan fingerprint density at radius 2 is 2.00 bits per heavy atom. The highest BCUT2D eigenvalue weighted by Crippen LogP contribution is 2.23. The zero-order valence-electron chi connectivity index (χ0n) is 6.85. The first kappa shape index (κ1) is 11.0. The molecule has 0 aliphatic carbocycles. The SMILES string of the molecule is CC(Br)C(=O)c1ccc(Cl)c(Cl)c1. The molecule has 0 amide bonds. The molecular weight excluding hydrogens is 275 g/mol. The Balaban J connectivity index is 3.04. The van der Waals surface area contributed by atoms with Gasteiger partial charge in [0.2, 0.25) is 0 Å². The monoisotopic (exact) mass is 280 g/mol. The predicted octanol–water partition coefficient (Wildman–Crippen LogP) is 3.96. The van der Waals surface area contributed by atoms with Gasteiger partial charge in [0, 0.05) is 5.56 Å². The van der Waals surface area contributed by atoms with E-state index in [9.17, 15) is 4.79 Å². The standard InChI is InChI=1S/C9H7BrCl2O/c1-5(10)9(13)6-2-3-7(11)8(12)4-6/h2-5H,1H3. The lowest BCUT2D eigenvalue weighted by Gasteiger charge is -2.03. The average Bonchev–Trinajstić information content (AvgIpc) is 2.08. The smallest absolute Gasteiger partial charge is 0.176 e. The number of alkyl halides is 1. The molecule has 0 aromatic heterocycles. The van der Waals surface area contributed by atoms with E-state index in [1.165, 1.54) is 0 Å². The third-order valence-corrected chi connectivity index (χ3v) is 2.72. The van der Waals surface area contributed by atoms with E-state index in [4.69, 9.17) is 23.2 Å². The molecule has 1 nitrogen and oxygen atoms in total. The number of ketones is 1. The molecule has 0 heterocycles. The molecule has 4 heteroatoms. The molecule has 0 N–H and O–H groups in total. The fourth-order valence-electron chi connectivity index (χ4n) is 0.879. The Hall–Kier alpha value is -0.0500. The first-order valence-electron chi connectivity index (χ1n) is 3.65. The average molecular weight is 282 g/mol. The highest BCUT2D eigenvalue weighted by atomic mass is 79.9. The van der Waals surface area contributed by atoms with Gasteiger partial charge in [0.15, 0.2) is 5.78 Å². The van der Waals surface area contributed by atoms with Crippen molar-refractivity contribution in [1.82, 2.24) is 0 Å². The molecule has 13 heavy (non-hydrogen) atoms. The molecule has 0 aliphatic heterocycles. The molecule has 0 saturated heterocycles. The largest absolute Gasteiger partial charge is 0.293 e. The van der Waals surface area contributed by atoms with Crippen LogP contribution < -0.4 is 0 Å². The second-order valence-electron chi connectivity index (χ2n) is 2.61. The Morgan fingerprint density at radius 1 is 1.38 bits per heavy atom. The van der Waals surface area contributed by atoms with Gasteiger partial charge in [-0.15, -0.1) is 0 Å². The van der Waals surface area contributed by atoms with Gasteiger partial charge >= 0.3 is 0 Å². The number of carbonyl (C=O) groups is 1. The number of Topliss-reactive ketones (excluding diaryl/α,β-unsaturated/α-hetero) is 1. The van der Waals surface area contributed by atoms with Gasteiger partial charge in [0.05, 0.1) is 14.9 Å². The van der Waals surface area contributed by atoms with Gasteiger partial charge in [-0.25, -0.2) is 0 Å². The molecule has 1 aromatic rings. The third-order valence-electron chi connectivity index (χ3n) is 1.57. The molecule has 1 unspecified atom stereocenters. The summed E-state index contributed by atoms with van der Waals surface area (Å²) in [6.07, 6.45) is 0. The molecule has 1 atom stereocenters. The summed E-state index contributed by atoms with van der Waals surface area (Å²) in [7, 11) is 0. The summed E-state index contributed by atoms with van der Waals surface area (Å²) in [5.74, 6) is -0.00133. The molecule has 1 aromatic carbocycles. The van der Waals surface area contributed by atoms with Crippen LogP contribution in [0.5, 0.6) is 0 Å². The summed E-state index contributed by atoms with van der Waals surface area (Å²) in [5.41, 5.74) is 0.568. The summed E-state index contributed by atoms with van der Waals surface area (Å²) in [6, 6.07) is 4.85. The Kier molecular flexibility index (Phi) is 3.77. The minimum atomic E-state index is -0.204. The Morgan fingerprint density at radius 3 is 2.46 bits per heavy atom. The van der Waals surface area contributed by atoms with E-state index >= 15 is 0 Å². The number of hydrogen-bond donors (Lipinski definition) is 0. The van der Waals surface area contributed by atoms with Crippen LogP contribution in [0.15, 0.2) is 18.2 Å². The summed E-state index contributed by atoms with van der Waals surface area (Å²) in [5, 5.41) is 0.862. The molecule has 1 rings (SSSR count). The molecule has 0 bridgehead atoms. The normalized spacial score (nSPS) is 12.6. The summed E-state index contributed by atoms with van der Waals surface area (Å²) in [4.78, 5) is 11.3. The predicted molar refractivity (Wildman–Crippen MR) is 59.2 cm³/mol. The minimum Gasteiger partial charge on any atom is -0.293 e. The molecule has 0 radical (unpaired) electrons. The van der Waals surface area contributed by atoms with E-state index in [1.54, 1.807) is 25.1 Å². The first-order valence-corrected chi connectivity index (χ1v) is 5.33. The lowest BCUT2D eigenvalue weighted by Crippen LogP contribution is -2.09. The van der Waals surface area contributed by atoms with Gasteiger partial charge < -0.3 is 0 Å². The van der Waals surface area contributed by atoms with E-state index in [0.29, 0.717) is 15.6 Å². The van der Waals surface area contributed by atoms with Gasteiger partial charge in [-0.3, -0.25) is 4.79 Å². The van der Waals surface area contributed by atoms with Crippen molar-refractivity contribution >= 4 is 44.9 Å². The van der Waals surface area contributed by atoms with Crippen LogP contribution in [0.3, 0.4) is 0 Å². The third kappa shape index (κ3) is 2.70. The summed E-state index contributed by atoms with van der Waals surface area (Å²) in [6.45, 7) is 1.77. The van der Waals surface area contributed by atoms with E-state index in [2.05, 4.69) is 15.9 Å². The van der Waals surface area contributed by atoms with Crippen molar-refractivity contribution in [2.75, 3.05) is 0 Å². The van der Waals surface area contributed by atoms with Crippen LogP contribution in [0, 0.1) is 0 Å². The zero-order valence-corrected chi connectivity index (χ0v) is 9.95. The fourth-order valence-corrected chi connectivity index (χ4v) is 1.44. The van der Waals surface area contributed by atoms with Crippen LogP contribution in [0.1, 0.15) is 17.3 Å². The van der Waals surface area contributed by atoms with Crippen molar-refractivity contribution < 1.29 is 4.79 Å². The van der Waals surface area contributed by atoms with Crippen LogP contribution in [0.2, 0.25) is 10.0 Å². The van der Waals surface area contributed by atoms with Crippen LogP contribution in [0.4, 0.5) is 0 Å². The zero-order chi connectivity index (χ0) is 10.0. The number of benzene rings is 1. The maximum Gasteiger partial charge on any atom is 0.176 e. The van der Waals surface area contributed by atoms with Crippen molar-refractivity contribution in [2.24, 2.45) is 0 Å². The van der Waals surface area contributed by atoms with E-state index in [1.807, 2.05) is 0 Å². The van der Waals surface area contributed by atoms with Crippen molar-refractivity contribution in [2.45, 2.75) is 11.8 Å². The topological polar surface area (TPSA) is 17.1 Å². The van der Waals surface area contributed by atoms with Crippen LogP contribution in [0.25, 0.3) is 0 Å². The highest BCUT2D eigenvalue weighted by molar-refractivity contribution is 9.10. The number of rotatable bonds is 2. The van der Waals surface area contributed by atoms with Crippen LogP contribution in [-0.2, 0) is 0 Å². The van der Waals surface area contributed by atoms with Crippen LogP contribution >= 0.6 is 39.1 Å². The second-order valence-corrected chi connectivity index (χ2v) is 4.80. The van der Waals surface area contributed by atoms with Gasteiger partial charge in [0.1, 0.15) is 0 Å². The quantitative estimate of drug-likeness (QED) is 0.592. The van der Waals surface area contributed by atoms with E-state index in [-0.39, 0.29) is 10.6 Å². The lowest BCUT2D eigenvalue weighted by atomic mass is 10.1. The number of carbonyl (C=O) groups excluding carboxylic acids is 1. The van der Waals surface area contributed by atoms with Crippen LogP contribution in [-0.4, -0.2) is 10.6 Å². The van der Waals surface area contributed by atoms with Crippen molar-refractivity contribution in [3.8, 4) is 0 Å². The Labute approximate surface area is 95.2 Å². The number of hydrogen-bond acceptors (Lipinski definition) is 1. The molecule has 0 aliphatic rings.